The number of aliphatic hydroxyl groups is 1. The summed E-state index contributed by atoms with van der Waals surface area (Å²) in [7, 11) is 0. The number of fused-ring (bicyclic) bond motifs is 2. The van der Waals surface area contributed by atoms with Crippen LogP contribution in [-0.2, 0) is 9.78 Å². The molecular weight excluding hydrogens is 384 g/mol. The van der Waals surface area contributed by atoms with Crippen molar-refractivity contribution in [1.29, 1.82) is 0 Å². The van der Waals surface area contributed by atoms with Gasteiger partial charge in [0.1, 0.15) is 11.2 Å². The lowest BCUT2D eigenvalue weighted by atomic mass is 9.43. The summed E-state index contributed by atoms with van der Waals surface area (Å²) < 4.78 is 0. The van der Waals surface area contributed by atoms with Gasteiger partial charge in [0.15, 0.2) is 0 Å². The Labute approximate surface area is 189 Å². The molecule has 2 aliphatic heterocycles. The fraction of sp³-hybridized carbons (Fsp3) is 0.857. The molecule has 2 heterocycles. The van der Waals surface area contributed by atoms with E-state index in [4.69, 9.17) is 9.78 Å². The van der Waals surface area contributed by atoms with Gasteiger partial charge in [-0.3, -0.25) is 0 Å². The molecule has 0 amide bonds. The molecule has 6 rings (SSSR count). The summed E-state index contributed by atoms with van der Waals surface area (Å²) in [6.45, 7) is 14.4. The summed E-state index contributed by atoms with van der Waals surface area (Å²) in [5, 5.41) is 10.4. The van der Waals surface area contributed by atoms with Crippen molar-refractivity contribution in [2.45, 2.75) is 104 Å². The Morgan fingerprint density at radius 2 is 1.68 bits per heavy atom. The van der Waals surface area contributed by atoms with E-state index in [2.05, 4.69) is 65.8 Å². The highest BCUT2D eigenvalue weighted by atomic mass is 17.2. The first kappa shape index (κ1) is 22.2. The Bertz CT molecular complexity index is 772. The van der Waals surface area contributed by atoms with E-state index in [1.165, 1.54) is 25.7 Å². The molecule has 3 heteroatoms. The van der Waals surface area contributed by atoms with Gasteiger partial charge in [0.05, 0.1) is 6.10 Å². The molecule has 1 N–H and O–H groups in total. The molecule has 4 fully saturated rings. The summed E-state index contributed by atoms with van der Waals surface area (Å²) >= 11 is 0. The van der Waals surface area contributed by atoms with Gasteiger partial charge in [-0.1, -0.05) is 59.8 Å². The van der Waals surface area contributed by atoms with Crippen LogP contribution in [0.25, 0.3) is 0 Å². The first-order valence-electron chi connectivity index (χ1n) is 13.0. The third-order valence-electron chi connectivity index (χ3n) is 11.1. The van der Waals surface area contributed by atoms with Crippen molar-refractivity contribution in [2.24, 2.45) is 46.3 Å². The van der Waals surface area contributed by atoms with Crippen LogP contribution < -0.4 is 0 Å². The topological polar surface area (TPSA) is 38.7 Å². The van der Waals surface area contributed by atoms with Gasteiger partial charge >= 0.3 is 0 Å². The van der Waals surface area contributed by atoms with E-state index in [0.717, 1.165) is 12.8 Å². The zero-order valence-corrected chi connectivity index (χ0v) is 20.6. The maximum Gasteiger partial charge on any atom is 0.130 e. The number of rotatable bonds is 4. The third-order valence-corrected chi connectivity index (χ3v) is 11.1. The summed E-state index contributed by atoms with van der Waals surface area (Å²) in [5.74, 6) is 3.64. The molecule has 0 unspecified atom stereocenters. The quantitative estimate of drug-likeness (QED) is 0.412. The Morgan fingerprint density at radius 1 is 0.903 bits per heavy atom. The standard InChI is InChI=1S/C28H44O3/c1-18(2)19(3)7-8-20(4)22-9-10-23-25(22,5)13-12-24-26(6)14-11-21(29)17-27(26)15-16-28(23,24)31-30-27/h7-8,15-16,18-24,29H,9-14,17H2,1-6H3/b8-7+/t19-,20-,21-,22+,23-,24+,25+,26+,27-,28+/m0/s1. The van der Waals surface area contributed by atoms with Crippen LogP contribution >= 0.6 is 0 Å². The Kier molecular flexibility index (Phi) is 5.13. The van der Waals surface area contributed by atoms with Gasteiger partial charge < -0.3 is 5.11 Å². The molecule has 0 aromatic heterocycles. The van der Waals surface area contributed by atoms with Crippen molar-refractivity contribution >= 4 is 0 Å². The van der Waals surface area contributed by atoms with Crippen molar-refractivity contribution in [3.05, 3.63) is 24.3 Å². The van der Waals surface area contributed by atoms with Gasteiger partial charge in [-0.2, -0.15) is 0 Å². The van der Waals surface area contributed by atoms with Gasteiger partial charge in [-0.25, -0.2) is 9.78 Å². The second-order valence-electron chi connectivity index (χ2n) is 12.7. The zero-order valence-electron chi connectivity index (χ0n) is 20.6. The molecule has 0 radical (unpaired) electrons. The highest BCUT2D eigenvalue weighted by Crippen LogP contribution is 2.72. The zero-order chi connectivity index (χ0) is 22.2. The SMILES string of the molecule is CC(C)[C@@H](C)/C=C/[C@H](C)[C@H]1CC[C@H]2[C@]1(C)CC[C@H]1[C@@]23C=C[C@@]2(C[C@@H](O)CC[C@]12C)OO3. The largest absolute Gasteiger partial charge is 0.393 e. The van der Waals surface area contributed by atoms with Crippen LogP contribution in [-0.4, -0.2) is 22.4 Å². The molecule has 0 aromatic rings. The van der Waals surface area contributed by atoms with E-state index in [1.807, 2.05) is 0 Å². The normalized spacial score (nSPS) is 52.8. The van der Waals surface area contributed by atoms with E-state index in [9.17, 15) is 5.11 Å². The van der Waals surface area contributed by atoms with Crippen molar-refractivity contribution in [3.63, 3.8) is 0 Å². The lowest BCUT2D eigenvalue weighted by Gasteiger charge is -2.69. The molecule has 1 saturated heterocycles. The van der Waals surface area contributed by atoms with Crippen LogP contribution in [0.3, 0.4) is 0 Å². The molecule has 2 spiro atoms. The number of hydrogen-bond donors (Lipinski definition) is 1. The summed E-state index contributed by atoms with van der Waals surface area (Å²) in [5.41, 5.74) is -0.366. The van der Waals surface area contributed by atoms with Gasteiger partial charge in [-0.05, 0) is 73.7 Å². The average Bonchev–Trinajstić information content (AvgIpc) is 3.09. The maximum atomic E-state index is 10.4. The van der Waals surface area contributed by atoms with Crippen LogP contribution in [0.2, 0.25) is 0 Å². The Balaban J connectivity index is 1.45. The molecule has 3 saturated carbocycles. The van der Waals surface area contributed by atoms with E-state index < -0.39 is 5.60 Å². The summed E-state index contributed by atoms with van der Waals surface area (Å²) in [4.78, 5) is 12.8. The predicted octanol–water partition coefficient (Wildman–Crippen LogP) is 6.47. The predicted molar refractivity (Wildman–Crippen MR) is 124 cm³/mol. The first-order valence-corrected chi connectivity index (χ1v) is 13.0. The van der Waals surface area contributed by atoms with Crippen LogP contribution in [0.5, 0.6) is 0 Å². The maximum absolute atomic E-state index is 10.4. The molecule has 10 atom stereocenters. The van der Waals surface area contributed by atoms with Gasteiger partial charge in [0.2, 0.25) is 0 Å². The van der Waals surface area contributed by atoms with E-state index >= 15 is 0 Å². The minimum atomic E-state index is -0.439. The molecule has 3 nitrogen and oxygen atoms in total. The van der Waals surface area contributed by atoms with Crippen molar-refractivity contribution in [1.82, 2.24) is 0 Å². The monoisotopic (exact) mass is 428 g/mol. The van der Waals surface area contributed by atoms with Crippen molar-refractivity contribution in [3.8, 4) is 0 Å². The van der Waals surface area contributed by atoms with Crippen LogP contribution in [0, 0.1) is 46.3 Å². The fourth-order valence-corrected chi connectivity index (χ4v) is 8.71. The summed E-state index contributed by atoms with van der Waals surface area (Å²) in [6, 6.07) is 0. The highest BCUT2D eigenvalue weighted by molar-refractivity contribution is 5.33. The molecule has 4 aliphatic carbocycles. The second-order valence-corrected chi connectivity index (χ2v) is 12.7. The van der Waals surface area contributed by atoms with E-state index in [1.54, 1.807) is 0 Å². The lowest BCUT2D eigenvalue weighted by Crippen LogP contribution is -2.73. The number of hydrogen-bond acceptors (Lipinski definition) is 3. The van der Waals surface area contributed by atoms with E-state index in [-0.39, 0.29) is 22.5 Å². The molecule has 6 aliphatic rings. The average molecular weight is 429 g/mol. The fourth-order valence-electron chi connectivity index (χ4n) is 8.71. The van der Waals surface area contributed by atoms with Gasteiger partial charge in [0, 0.05) is 23.7 Å². The van der Waals surface area contributed by atoms with Crippen LogP contribution in [0.4, 0.5) is 0 Å². The highest BCUT2D eigenvalue weighted by Gasteiger charge is 2.74. The third kappa shape index (κ3) is 2.88. The van der Waals surface area contributed by atoms with Gasteiger partial charge in [0.25, 0.3) is 0 Å². The number of allylic oxidation sites excluding steroid dienone is 2. The minimum absolute atomic E-state index is 0.0663. The molecule has 0 aromatic carbocycles. The second kappa shape index (κ2) is 7.18. The molecule has 2 bridgehead atoms. The van der Waals surface area contributed by atoms with Gasteiger partial charge in [-0.15, -0.1) is 0 Å². The lowest BCUT2D eigenvalue weighted by molar-refractivity contribution is -0.497. The Morgan fingerprint density at radius 3 is 2.35 bits per heavy atom. The number of aliphatic hydroxyl groups excluding tert-OH is 1. The van der Waals surface area contributed by atoms with Crippen molar-refractivity contribution < 1.29 is 14.9 Å². The first-order chi connectivity index (χ1) is 14.6. The molecular formula is C28H44O3. The van der Waals surface area contributed by atoms with Crippen molar-refractivity contribution in [2.75, 3.05) is 0 Å². The molecule has 31 heavy (non-hydrogen) atoms. The smallest absolute Gasteiger partial charge is 0.130 e. The minimum Gasteiger partial charge on any atom is -0.393 e. The Hall–Kier alpha value is -0.640. The van der Waals surface area contributed by atoms with E-state index in [0.29, 0.717) is 41.9 Å². The van der Waals surface area contributed by atoms with Crippen LogP contribution in [0.1, 0.15) is 86.5 Å². The summed E-state index contributed by atoms with van der Waals surface area (Å²) in [6.07, 6.45) is 17.0. The molecule has 174 valence electrons. The van der Waals surface area contributed by atoms with Crippen LogP contribution in [0.15, 0.2) is 24.3 Å².